The van der Waals surface area contributed by atoms with Gasteiger partial charge in [0.05, 0.1) is 0 Å². The highest BCUT2D eigenvalue weighted by molar-refractivity contribution is 5.79. The molecule has 0 unspecified atom stereocenters. The lowest BCUT2D eigenvalue weighted by molar-refractivity contribution is -0.344. The lowest BCUT2D eigenvalue weighted by Crippen LogP contribution is -2.07. The Balaban J connectivity index is 1.43. The van der Waals surface area contributed by atoms with Crippen LogP contribution in [0.25, 0.3) is 16.9 Å². The molecule has 0 saturated heterocycles. The van der Waals surface area contributed by atoms with Crippen LogP contribution in [0.4, 0.5) is 0 Å². The normalized spacial score (nSPS) is 13.1. The first-order chi connectivity index (χ1) is 27.0. The molecule has 1 aliphatic heterocycles. The van der Waals surface area contributed by atoms with Gasteiger partial charge in [-0.3, -0.25) is 0 Å². The van der Waals surface area contributed by atoms with Gasteiger partial charge in [0.25, 0.3) is 0 Å². The van der Waals surface area contributed by atoms with Crippen LogP contribution in [0.2, 0.25) is 0 Å². The second kappa shape index (κ2) is 28.0. The second-order valence-electron chi connectivity index (χ2n) is 16.9. The van der Waals surface area contributed by atoms with Crippen molar-refractivity contribution < 1.29 is 4.70 Å². The molecule has 2 nitrogen and oxygen atoms in total. The third-order valence-corrected chi connectivity index (χ3v) is 12.8. The molecular formula is C53H86N2. The molecule has 1 heterocycles. The number of unbranched alkanes of at least 4 members (excludes halogenated alkanes) is 22. The van der Waals surface area contributed by atoms with Crippen LogP contribution in [0, 0.1) is 0 Å². The van der Waals surface area contributed by atoms with Crippen LogP contribution in [0.3, 0.4) is 0 Å². The summed E-state index contributed by atoms with van der Waals surface area (Å²) in [6.45, 7) is 15.9. The highest BCUT2D eigenvalue weighted by Crippen LogP contribution is 2.40. The number of rotatable bonds is 32. The third-order valence-electron chi connectivity index (χ3n) is 12.8. The van der Waals surface area contributed by atoms with Gasteiger partial charge in [-0.1, -0.05) is 190 Å². The van der Waals surface area contributed by atoms with E-state index in [4.69, 9.17) is 0 Å². The Morgan fingerprint density at radius 1 is 0.382 bits per heavy atom. The van der Waals surface area contributed by atoms with Crippen LogP contribution >= 0.6 is 0 Å². The summed E-state index contributed by atoms with van der Waals surface area (Å²) in [6, 6.07) is 9.45. The van der Waals surface area contributed by atoms with E-state index in [0.29, 0.717) is 0 Å². The Labute approximate surface area is 342 Å². The number of hydrogen-bond donors (Lipinski definition) is 0. The van der Waals surface area contributed by atoms with Gasteiger partial charge in [-0.25, -0.2) is 4.70 Å². The molecule has 0 amide bonds. The van der Waals surface area contributed by atoms with Crippen LogP contribution in [0.1, 0.15) is 247 Å². The third kappa shape index (κ3) is 15.4. The first kappa shape index (κ1) is 46.9. The van der Waals surface area contributed by atoms with E-state index in [1.165, 1.54) is 192 Å². The van der Waals surface area contributed by atoms with Gasteiger partial charge in [0.2, 0.25) is 11.4 Å². The van der Waals surface area contributed by atoms with Gasteiger partial charge in [0.1, 0.15) is 0 Å². The Morgan fingerprint density at radius 2 is 0.691 bits per heavy atom. The van der Waals surface area contributed by atoms with Crippen molar-refractivity contribution in [1.29, 1.82) is 0 Å². The molecule has 0 aliphatic carbocycles. The van der Waals surface area contributed by atoms with Crippen molar-refractivity contribution in [1.82, 2.24) is 0 Å². The Kier molecular flexibility index (Phi) is 23.9. The van der Waals surface area contributed by atoms with Gasteiger partial charge in [-0.15, -0.1) is 0 Å². The van der Waals surface area contributed by atoms with E-state index in [1.54, 1.807) is 4.70 Å². The van der Waals surface area contributed by atoms with Gasteiger partial charge in [-0.05, 0) is 109 Å². The molecule has 3 rings (SSSR count). The highest BCUT2D eigenvalue weighted by atomic mass is 15.2. The van der Waals surface area contributed by atoms with E-state index in [1.807, 2.05) is 0 Å². The summed E-state index contributed by atoms with van der Waals surface area (Å²) in [5.41, 5.74) is 26.3. The predicted molar refractivity (Wildman–Crippen MR) is 244 cm³/mol. The van der Waals surface area contributed by atoms with Gasteiger partial charge in [-0.2, -0.15) is 0 Å². The number of allylic oxidation sites excluding steroid dienone is 2. The summed E-state index contributed by atoms with van der Waals surface area (Å²) in [5, 5.41) is 0. The molecule has 0 radical (unpaired) electrons. The van der Waals surface area contributed by atoms with Gasteiger partial charge in [0, 0.05) is 22.8 Å². The SMILES string of the molecule is CCCCCCCCCCCCCCCCCCCCCCCCCC1=C(c2cc(CC)c(CC)c(CC)c2)[N+](=[N-])C(c2cc(CC)c(CC)c(CC)c2)=C1. The highest BCUT2D eigenvalue weighted by Gasteiger charge is 2.30. The summed E-state index contributed by atoms with van der Waals surface area (Å²) in [5.74, 6) is 0. The summed E-state index contributed by atoms with van der Waals surface area (Å²) < 4.78 is 1.55. The monoisotopic (exact) mass is 751 g/mol. The molecule has 308 valence electrons. The standard InChI is InChI=1S/C53H86N2/c1-8-15-16-17-18-19-20-21-22-23-24-25-26-27-28-29-30-31-32-33-34-35-36-37-47-42-52(48-38-43(9-2)50(13-6)44(10-3)39-48)55(54)53(47)49-40-45(11-4)51(14-7)46(12-5)41-49/h38-42H,8-37H2,1-7H3. The van der Waals surface area contributed by atoms with Crippen LogP contribution < -0.4 is 0 Å². The van der Waals surface area contributed by atoms with E-state index < -0.39 is 0 Å². The molecule has 0 fully saturated rings. The van der Waals surface area contributed by atoms with Crippen molar-refractivity contribution in [3.8, 4) is 0 Å². The van der Waals surface area contributed by atoms with Crippen molar-refractivity contribution in [2.45, 2.75) is 241 Å². The summed E-state index contributed by atoms with van der Waals surface area (Å²) >= 11 is 0. The fraction of sp³-hybridized carbons (Fsp3) is 0.698. The molecule has 0 atom stereocenters. The molecule has 0 saturated carbocycles. The van der Waals surface area contributed by atoms with Crippen molar-refractivity contribution in [3.63, 3.8) is 0 Å². The van der Waals surface area contributed by atoms with Crippen molar-refractivity contribution in [3.05, 3.63) is 86.0 Å². The lowest BCUT2D eigenvalue weighted by Gasteiger charge is -2.17. The smallest absolute Gasteiger partial charge is 0.210 e. The van der Waals surface area contributed by atoms with E-state index in [-0.39, 0.29) is 0 Å². The quantitative estimate of drug-likeness (QED) is 0.0526. The first-order valence-electron chi connectivity index (χ1n) is 24.2. The fourth-order valence-electron chi connectivity index (χ4n) is 9.41. The zero-order valence-corrected chi connectivity index (χ0v) is 37.5. The van der Waals surface area contributed by atoms with Crippen LogP contribution in [-0.2, 0) is 38.5 Å². The largest absolute Gasteiger partial charge is 0.493 e. The Bertz CT molecular complexity index is 1400. The van der Waals surface area contributed by atoms with Gasteiger partial charge < -0.3 is 5.53 Å². The van der Waals surface area contributed by atoms with Gasteiger partial charge in [0.15, 0.2) is 0 Å². The molecule has 0 spiro atoms. The molecule has 0 aromatic heterocycles. The second-order valence-corrected chi connectivity index (χ2v) is 16.9. The topological polar surface area (TPSA) is 25.3 Å². The fourth-order valence-corrected chi connectivity index (χ4v) is 9.41. The zero-order chi connectivity index (χ0) is 39.7. The van der Waals surface area contributed by atoms with E-state index in [0.717, 1.165) is 61.9 Å². The van der Waals surface area contributed by atoms with E-state index in [9.17, 15) is 5.53 Å². The molecule has 55 heavy (non-hydrogen) atoms. The summed E-state index contributed by atoms with van der Waals surface area (Å²) in [7, 11) is 0. The Hall–Kier alpha value is -2.48. The Morgan fingerprint density at radius 3 is 1.00 bits per heavy atom. The molecule has 2 heteroatoms. The average molecular weight is 751 g/mol. The van der Waals surface area contributed by atoms with E-state index >= 15 is 0 Å². The van der Waals surface area contributed by atoms with Crippen LogP contribution in [0.15, 0.2) is 35.9 Å². The maximum absolute atomic E-state index is 12.0. The van der Waals surface area contributed by atoms with E-state index in [2.05, 4.69) is 78.8 Å². The minimum Gasteiger partial charge on any atom is -0.493 e. The van der Waals surface area contributed by atoms with Crippen molar-refractivity contribution in [2.24, 2.45) is 0 Å². The summed E-state index contributed by atoms with van der Waals surface area (Å²) in [6.07, 6.45) is 42.1. The molecular weight excluding hydrogens is 665 g/mol. The molecule has 2 aromatic rings. The predicted octanol–water partition coefficient (Wildman–Crippen LogP) is 17.2. The first-order valence-corrected chi connectivity index (χ1v) is 24.2. The van der Waals surface area contributed by atoms with Gasteiger partial charge >= 0.3 is 0 Å². The average Bonchev–Trinajstić information content (AvgIpc) is 3.54. The zero-order valence-electron chi connectivity index (χ0n) is 37.5. The minimum absolute atomic E-state index is 0.946. The molecule has 2 aromatic carbocycles. The lowest BCUT2D eigenvalue weighted by atomic mass is 9.91. The number of hydrogen-bond acceptors (Lipinski definition) is 0. The molecule has 0 N–H and O–H groups in total. The summed E-state index contributed by atoms with van der Waals surface area (Å²) in [4.78, 5) is 0. The van der Waals surface area contributed by atoms with Crippen LogP contribution in [-0.4, -0.2) is 4.70 Å². The maximum Gasteiger partial charge on any atom is 0.210 e. The van der Waals surface area contributed by atoms with Crippen molar-refractivity contribution >= 4 is 11.4 Å². The number of aryl methyl sites for hydroxylation is 4. The number of benzene rings is 2. The molecule has 0 bridgehead atoms. The van der Waals surface area contributed by atoms with Crippen molar-refractivity contribution in [2.75, 3.05) is 0 Å². The molecule has 1 aliphatic rings. The minimum atomic E-state index is 0.946. The van der Waals surface area contributed by atoms with Crippen LogP contribution in [0.5, 0.6) is 0 Å². The maximum atomic E-state index is 12.0. The number of nitrogens with zero attached hydrogens (tertiary/aromatic N) is 2.